The molecule has 0 fully saturated rings. The molecule has 0 aliphatic carbocycles. The SMILES string of the molecule is CC(C)(CO)[C@H](O)c1ccc(C(F)(F)F)cc1. The van der Waals surface area contributed by atoms with E-state index in [-0.39, 0.29) is 6.61 Å². The van der Waals surface area contributed by atoms with Gasteiger partial charge in [-0.3, -0.25) is 0 Å². The molecular weight excluding hydrogens is 233 g/mol. The molecule has 1 atom stereocenters. The van der Waals surface area contributed by atoms with Gasteiger partial charge >= 0.3 is 6.18 Å². The molecule has 0 spiro atoms. The molecule has 1 aromatic carbocycles. The van der Waals surface area contributed by atoms with Gasteiger partial charge in [0.05, 0.1) is 18.3 Å². The first-order chi connectivity index (χ1) is 7.68. The van der Waals surface area contributed by atoms with Crippen LogP contribution in [-0.2, 0) is 6.18 Å². The van der Waals surface area contributed by atoms with E-state index < -0.39 is 23.3 Å². The van der Waals surface area contributed by atoms with Crippen molar-refractivity contribution in [3.8, 4) is 0 Å². The van der Waals surface area contributed by atoms with Crippen molar-refractivity contribution in [2.75, 3.05) is 6.61 Å². The summed E-state index contributed by atoms with van der Waals surface area (Å²) in [6.07, 6.45) is -5.38. The maximum Gasteiger partial charge on any atom is 0.416 e. The van der Waals surface area contributed by atoms with Crippen LogP contribution in [0, 0.1) is 5.41 Å². The minimum Gasteiger partial charge on any atom is -0.396 e. The first-order valence-corrected chi connectivity index (χ1v) is 5.14. The van der Waals surface area contributed by atoms with Crippen LogP contribution < -0.4 is 0 Å². The highest BCUT2D eigenvalue weighted by molar-refractivity contribution is 5.26. The van der Waals surface area contributed by atoms with Crippen LogP contribution in [0.5, 0.6) is 0 Å². The standard InChI is InChI=1S/C12H15F3O2/c1-11(2,7-16)10(17)8-3-5-9(6-4-8)12(13,14)15/h3-6,10,16-17H,7H2,1-2H3/t10-/m1/s1. The highest BCUT2D eigenvalue weighted by Crippen LogP contribution is 2.35. The number of aliphatic hydroxyl groups is 2. The fraction of sp³-hybridized carbons (Fsp3) is 0.500. The largest absolute Gasteiger partial charge is 0.416 e. The Morgan fingerprint density at radius 2 is 1.59 bits per heavy atom. The molecule has 0 unspecified atom stereocenters. The van der Waals surface area contributed by atoms with Gasteiger partial charge in [0.25, 0.3) is 0 Å². The monoisotopic (exact) mass is 248 g/mol. The highest BCUT2D eigenvalue weighted by atomic mass is 19.4. The van der Waals surface area contributed by atoms with Gasteiger partial charge in [0, 0.05) is 5.41 Å². The normalized spacial score (nSPS) is 14.8. The van der Waals surface area contributed by atoms with E-state index in [2.05, 4.69) is 0 Å². The lowest BCUT2D eigenvalue weighted by Crippen LogP contribution is -2.26. The van der Waals surface area contributed by atoms with Gasteiger partial charge in [0.2, 0.25) is 0 Å². The van der Waals surface area contributed by atoms with E-state index in [0.29, 0.717) is 5.56 Å². The van der Waals surface area contributed by atoms with Gasteiger partial charge < -0.3 is 10.2 Å². The van der Waals surface area contributed by atoms with E-state index in [1.165, 1.54) is 12.1 Å². The third kappa shape index (κ3) is 3.20. The van der Waals surface area contributed by atoms with Crippen molar-refractivity contribution in [2.45, 2.75) is 26.1 Å². The Hall–Kier alpha value is -1.07. The summed E-state index contributed by atoms with van der Waals surface area (Å²) in [4.78, 5) is 0. The zero-order chi connectivity index (χ0) is 13.3. The summed E-state index contributed by atoms with van der Waals surface area (Å²) < 4.78 is 37.0. The Morgan fingerprint density at radius 1 is 1.12 bits per heavy atom. The molecule has 2 nitrogen and oxygen atoms in total. The van der Waals surface area contributed by atoms with Crippen LogP contribution in [0.25, 0.3) is 0 Å². The van der Waals surface area contributed by atoms with Crippen molar-refractivity contribution < 1.29 is 23.4 Å². The first kappa shape index (κ1) is 14.0. The minimum absolute atomic E-state index is 0.255. The highest BCUT2D eigenvalue weighted by Gasteiger charge is 2.32. The molecule has 0 heterocycles. The van der Waals surface area contributed by atoms with Crippen molar-refractivity contribution in [1.29, 1.82) is 0 Å². The van der Waals surface area contributed by atoms with Crippen LogP contribution in [-0.4, -0.2) is 16.8 Å². The quantitative estimate of drug-likeness (QED) is 0.863. The molecule has 17 heavy (non-hydrogen) atoms. The summed E-state index contributed by atoms with van der Waals surface area (Å²) in [5.74, 6) is 0. The summed E-state index contributed by atoms with van der Waals surface area (Å²) >= 11 is 0. The number of aliphatic hydroxyl groups excluding tert-OH is 2. The number of alkyl halides is 3. The molecule has 1 rings (SSSR count). The Balaban J connectivity index is 2.96. The summed E-state index contributed by atoms with van der Waals surface area (Å²) in [7, 11) is 0. The maximum absolute atomic E-state index is 12.3. The lowest BCUT2D eigenvalue weighted by Gasteiger charge is -2.28. The Kier molecular flexibility index (Phi) is 3.84. The molecule has 0 bridgehead atoms. The van der Waals surface area contributed by atoms with Crippen molar-refractivity contribution in [3.05, 3.63) is 35.4 Å². The van der Waals surface area contributed by atoms with Crippen LogP contribution >= 0.6 is 0 Å². The van der Waals surface area contributed by atoms with E-state index in [4.69, 9.17) is 5.11 Å². The van der Waals surface area contributed by atoms with Gasteiger partial charge in [-0.25, -0.2) is 0 Å². The van der Waals surface area contributed by atoms with Crippen LogP contribution in [0.3, 0.4) is 0 Å². The van der Waals surface area contributed by atoms with Crippen molar-refractivity contribution in [2.24, 2.45) is 5.41 Å². The number of halogens is 3. The zero-order valence-electron chi connectivity index (χ0n) is 9.62. The molecule has 5 heteroatoms. The molecule has 0 saturated carbocycles. The summed E-state index contributed by atoms with van der Waals surface area (Å²) in [5.41, 5.74) is -1.19. The smallest absolute Gasteiger partial charge is 0.396 e. The van der Waals surface area contributed by atoms with Crippen LogP contribution in [0.2, 0.25) is 0 Å². The van der Waals surface area contributed by atoms with E-state index in [1.54, 1.807) is 13.8 Å². The van der Waals surface area contributed by atoms with Gasteiger partial charge in [0.15, 0.2) is 0 Å². The molecule has 0 amide bonds. The summed E-state index contributed by atoms with van der Waals surface area (Å²) in [6, 6.07) is 4.30. The van der Waals surface area contributed by atoms with Crippen LogP contribution in [0.1, 0.15) is 31.1 Å². The zero-order valence-corrected chi connectivity index (χ0v) is 9.62. The Bertz CT molecular complexity index is 368. The molecule has 0 radical (unpaired) electrons. The third-order valence-electron chi connectivity index (χ3n) is 2.70. The predicted molar refractivity (Wildman–Crippen MR) is 57.3 cm³/mol. The maximum atomic E-state index is 12.3. The number of hydrogen-bond acceptors (Lipinski definition) is 2. The molecule has 0 aliphatic heterocycles. The van der Waals surface area contributed by atoms with Gasteiger partial charge in [-0.05, 0) is 17.7 Å². The summed E-state index contributed by atoms with van der Waals surface area (Å²) in [5, 5.41) is 19.0. The number of hydrogen-bond donors (Lipinski definition) is 2. The second-order valence-corrected chi connectivity index (χ2v) is 4.67. The number of benzene rings is 1. The second-order valence-electron chi connectivity index (χ2n) is 4.67. The molecule has 96 valence electrons. The lowest BCUT2D eigenvalue weighted by molar-refractivity contribution is -0.137. The van der Waals surface area contributed by atoms with Crippen molar-refractivity contribution in [1.82, 2.24) is 0 Å². The Labute approximate surface area is 97.7 Å². The molecular formula is C12H15F3O2. The van der Waals surface area contributed by atoms with Gasteiger partial charge in [-0.15, -0.1) is 0 Å². The minimum atomic E-state index is -4.38. The van der Waals surface area contributed by atoms with E-state index >= 15 is 0 Å². The third-order valence-corrected chi connectivity index (χ3v) is 2.70. The van der Waals surface area contributed by atoms with Gasteiger partial charge in [0.1, 0.15) is 0 Å². The fourth-order valence-electron chi connectivity index (χ4n) is 1.39. The average molecular weight is 248 g/mol. The Morgan fingerprint density at radius 3 is 1.94 bits per heavy atom. The van der Waals surface area contributed by atoms with Crippen LogP contribution in [0.15, 0.2) is 24.3 Å². The molecule has 0 aliphatic rings. The topological polar surface area (TPSA) is 40.5 Å². The van der Waals surface area contributed by atoms with Crippen LogP contribution in [0.4, 0.5) is 13.2 Å². The number of rotatable bonds is 3. The van der Waals surface area contributed by atoms with E-state index in [0.717, 1.165) is 12.1 Å². The van der Waals surface area contributed by atoms with E-state index in [9.17, 15) is 18.3 Å². The molecule has 0 saturated heterocycles. The van der Waals surface area contributed by atoms with Gasteiger partial charge in [-0.1, -0.05) is 26.0 Å². The van der Waals surface area contributed by atoms with E-state index in [1.807, 2.05) is 0 Å². The average Bonchev–Trinajstić information content (AvgIpc) is 2.27. The lowest BCUT2D eigenvalue weighted by atomic mass is 9.83. The van der Waals surface area contributed by atoms with Crippen molar-refractivity contribution >= 4 is 0 Å². The predicted octanol–water partition coefficient (Wildman–Crippen LogP) is 2.76. The summed E-state index contributed by atoms with van der Waals surface area (Å²) in [6.45, 7) is 3.01. The van der Waals surface area contributed by atoms with Gasteiger partial charge in [-0.2, -0.15) is 13.2 Å². The first-order valence-electron chi connectivity index (χ1n) is 5.14. The second kappa shape index (κ2) is 4.66. The fourth-order valence-corrected chi connectivity index (χ4v) is 1.39. The van der Waals surface area contributed by atoms with Crippen molar-refractivity contribution in [3.63, 3.8) is 0 Å². The molecule has 1 aromatic rings. The molecule has 2 N–H and O–H groups in total. The molecule has 0 aromatic heterocycles.